The zero-order valence-corrected chi connectivity index (χ0v) is 11.9. The summed E-state index contributed by atoms with van der Waals surface area (Å²) < 4.78 is 1.36. The van der Waals surface area contributed by atoms with Gasteiger partial charge in [0.1, 0.15) is 16.7 Å². The van der Waals surface area contributed by atoms with Gasteiger partial charge in [0.2, 0.25) is 0 Å². The molecule has 0 aliphatic heterocycles. The van der Waals surface area contributed by atoms with Crippen molar-refractivity contribution in [3.8, 4) is 0 Å². The lowest BCUT2D eigenvalue weighted by Gasteiger charge is -2.10. The first-order valence-corrected chi connectivity index (χ1v) is 6.41. The molecule has 0 radical (unpaired) electrons. The molecule has 9 nitrogen and oxygen atoms in total. The van der Waals surface area contributed by atoms with Crippen LogP contribution in [0.3, 0.4) is 0 Å². The summed E-state index contributed by atoms with van der Waals surface area (Å²) in [5, 5.41) is 3.29. The van der Waals surface area contributed by atoms with Crippen molar-refractivity contribution in [3.05, 3.63) is 32.1 Å². The van der Waals surface area contributed by atoms with E-state index in [2.05, 4.69) is 25.5 Å². The van der Waals surface area contributed by atoms with Gasteiger partial charge in [-0.15, -0.1) is 0 Å². The molecule has 0 saturated carbocycles. The van der Waals surface area contributed by atoms with Crippen molar-refractivity contribution in [1.29, 1.82) is 0 Å². The third-order valence-corrected chi connectivity index (χ3v) is 3.62. The van der Waals surface area contributed by atoms with Crippen LogP contribution in [0.1, 0.15) is 11.4 Å². The molecule has 0 amide bonds. The van der Waals surface area contributed by atoms with E-state index in [9.17, 15) is 9.59 Å². The van der Waals surface area contributed by atoms with Gasteiger partial charge in [0, 0.05) is 12.6 Å². The van der Waals surface area contributed by atoms with Crippen molar-refractivity contribution in [2.45, 2.75) is 24.0 Å². The van der Waals surface area contributed by atoms with Crippen LogP contribution in [0.5, 0.6) is 0 Å². The smallest absolute Gasteiger partial charge is 0.308 e. The Labute approximate surface area is 117 Å². The minimum atomic E-state index is -0.841. The number of aromatic amines is 1. The molecule has 0 bridgehead atoms. The highest BCUT2D eigenvalue weighted by molar-refractivity contribution is 7.99. The van der Waals surface area contributed by atoms with E-state index >= 15 is 0 Å². The molecule has 4 N–H and O–H groups in total. The molecule has 20 heavy (non-hydrogen) atoms. The van der Waals surface area contributed by atoms with Gasteiger partial charge in [-0.1, -0.05) is 0 Å². The van der Waals surface area contributed by atoms with Crippen molar-refractivity contribution in [2.24, 2.45) is 12.9 Å². The largest absolute Gasteiger partial charge is 0.339 e. The number of hydrazine groups is 1. The van der Waals surface area contributed by atoms with Crippen molar-refractivity contribution < 1.29 is 0 Å². The Hall–Kier alpha value is -2.20. The molecule has 0 spiro atoms. The maximum absolute atomic E-state index is 11.3. The maximum Gasteiger partial charge on any atom is 0.339 e. The first kappa shape index (κ1) is 14.2. The minimum absolute atomic E-state index is 0.318. The van der Waals surface area contributed by atoms with Gasteiger partial charge in [-0.05, 0) is 25.6 Å². The highest BCUT2D eigenvalue weighted by atomic mass is 32.2. The lowest BCUT2D eigenvalue weighted by atomic mass is 10.3. The van der Waals surface area contributed by atoms with Crippen molar-refractivity contribution >= 4 is 17.6 Å². The lowest BCUT2D eigenvalue weighted by molar-refractivity contribution is 0.596. The number of nitrogens with zero attached hydrogens (tertiary/aromatic N) is 4. The average Bonchev–Trinajstić information content (AvgIpc) is 2.39. The van der Waals surface area contributed by atoms with Gasteiger partial charge in [-0.3, -0.25) is 19.4 Å². The highest BCUT2D eigenvalue weighted by Crippen LogP contribution is 2.28. The average molecular weight is 295 g/mol. The molecule has 0 fully saturated rings. The van der Waals surface area contributed by atoms with Gasteiger partial charge in [0.25, 0.3) is 0 Å². The van der Waals surface area contributed by atoms with E-state index in [4.69, 9.17) is 5.84 Å². The molecule has 0 aliphatic carbocycles. The van der Waals surface area contributed by atoms with Gasteiger partial charge in [-0.2, -0.15) is 4.98 Å². The predicted molar refractivity (Wildman–Crippen MR) is 73.5 cm³/mol. The zero-order valence-electron chi connectivity index (χ0n) is 11.1. The van der Waals surface area contributed by atoms with E-state index < -0.39 is 11.1 Å². The number of aryl methyl sites for hydroxylation is 2. The molecule has 0 saturated heterocycles. The Morgan fingerprint density at radius 1 is 1.25 bits per heavy atom. The molecule has 0 aromatic carbocycles. The molecule has 0 aliphatic rings. The Bertz CT molecular complexity index is 767. The van der Waals surface area contributed by atoms with Gasteiger partial charge < -0.3 is 5.43 Å². The van der Waals surface area contributed by atoms with Crippen LogP contribution >= 0.6 is 11.8 Å². The summed E-state index contributed by atoms with van der Waals surface area (Å²) in [4.78, 5) is 34.6. The molecule has 10 heteroatoms. The fraction of sp³-hybridized carbons (Fsp3) is 0.300. The second-order valence-corrected chi connectivity index (χ2v) is 4.95. The summed E-state index contributed by atoms with van der Waals surface area (Å²) >= 11 is 1.14. The molecule has 0 unspecified atom stereocenters. The Morgan fingerprint density at radius 2 is 1.95 bits per heavy atom. The topological polar surface area (TPSA) is 132 Å². The van der Waals surface area contributed by atoms with Gasteiger partial charge in [-0.25, -0.2) is 15.8 Å². The van der Waals surface area contributed by atoms with Crippen molar-refractivity contribution in [2.75, 3.05) is 5.43 Å². The number of nitrogens with one attached hydrogen (secondary N) is 2. The fourth-order valence-electron chi connectivity index (χ4n) is 1.48. The number of hydrogen-bond acceptors (Lipinski definition) is 8. The molecule has 2 aromatic heterocycles. The second-order valence-electron chi connectivity index (χ2n) is 4.00. The lowest BCUT2D eigenvalue weighted by Crippen LogP contribution is -2.33. The summed E-state index contributed by atoms with van der Waals surface area (Å²) in [6, 6.07) is 0. The van der Waals surface area contributed by atoms with Crippen LogP contribution in [0, 0.1) is 13.8 Å². The number of H-pyrrole nitrogens is 1. The highest BCUT2D eigenvalue weighted by Gasteiger charge is 2.13. The van der Waals surface area contributed by atoms with Crippen LogP contribution in [0.2, 0.25) is 0 Å². The van der Waals surface area contributed by atoms with E-state index in [1.807, 2.05) is 0 Å². The van der Waals surface area contributed by atoms with Crippen LogP contribution in [0.4, 0.5) is 5.82 Å². The number of nitrogen functional groups attached to an aromatic ring is 1. The molecule has 0 atom stereocenters. The summed E-state index contributed by atoms with van der Waals surface area (Å²) in [6.45, 7) is 3.52. The van der Waals surface area contributed by atoms with Crippen molar-refractivity contribution in [3.63, 3.8) is 0 Å². The summed E-state index contributed by atoms with van der Waals surface area (Å²) in [5.74, 6) is 6.41. The Morgan fingerprint density at radius 3 is 2.60 bits per heavy atom. The summed E-state index contributed by atoms with van der Waals surface area (Å²) in [7, 11) is 1.58. The number of hydrogen-bond donors (Lipinski definition) is 3. The standard InChI is InChI=1S/C10H13N7O2S/c1-4-6(15-11)12-5(2)13-9(4)20-10-14-7(18)8(19)16-17(10)3/h11H2,1-3H3,(H,16,19)(H,12,13,15). The molecule has 2 aromatic rings. The van der Waals surface area contributed by atoms with Gasteiger partial charge >= 0.3 is 11.1 Å². The number of anilines is 1. The van der Waals surface area contributed by atoms with Crippen LogP contribution in [-0.2, 0) is 7.05 Å². The molecular formula is C10H13N7O2S. The van der Waals surface area contributed by atoms with Crippen LogP contribution in [0.15, 0.2) is 19.8 Å². The molecular weight excluding hydrogens is 282 g/mol. The number of aromatic nitrogens is 5. The SMILES string of the molecule is Cc1nc(NN)c(C)c(Sc2nc(=O)c(=O)[nH]n2C)n1. The van der Waals surface area contributed by atoms with E-state index in [1.165, 1.54) is 4.68 Å². The fourth-order valence-corrected chi connectivity index (χ4v) is 2.39. The van der Waals surface area contributed by atoms with E-state index in [0.29, 0.717) is 21.8 Å². The number of nitrogens with two attached hydrogens (primary N) is 1. The molecule has 2 heterocycles. The van der Waals surface area contributed by atoms with E-state index in [-0.39, 0.29) is 0 Å². The monoisotopic (exact) mass is 295 g/mol. The predicted octanol–water partition coefficient (Wildman–Crippen LogP) is -0.688. The summed E-state index contributed by atoms with van der Waals surface area (Å²) in [5.41, 5.74) is 1.60. The number of rotatable bonds is 3. The first-order chi connectivity index (χ1) is 9.42. The minimum Gasteiger partial charge on any atom is -0.308 e. The van der Waals surface area contributed by atoms with E-state index in [0.717, 1.165) is 17.3 Å². The Kier molecular flexibility index (Phi) is 3.86. The third-order valence-electron chi connectivity index (χ3n) is 2.49. The first-order valence-electron chi connectivity index (χ1n) is 5.59. The zero-order chi connectivity index (χ0) is 14.9. The normalized spacial score (nSPS) is 10.6. The van der Waals surface area contributed by atoms with Gasteiger partial charge in [0.05, 0.1) is 0 Å². The maximum atomic E-state index is 11.3. The summed E-state index contributed by atoms with van der Waals surface area (Å²) in [6.07, 6.45) is 0. The molecule has 106 valence electrons. The van der Waals surface area contributed by atoms with E-state index in [1.54, 1.807) is 20.9 Å². The molecule has 2 rings (SSSR count). The van der Waals surface area contributed by atoms with Crippen LogP contribution in [-0.4, -0.2) is 24.7 Å². The van der Waals surface area contributed by atoms with Crippen LogP contribution in [0.25, 0.3) is 0 Å². The Balaban J connectivity index is 2.50. The quantitative estimate of drug-likeness (QED) is 0.293. The van der Waals surface area contributed by atoms with Gasteiger partial charge in [0.15, 0.2) is 5.16 Å². The second kappa shape index (κ2) is 5.43. The van der Waals surface area contributed by atoms with Crippen molar-refractivity contribution in [1.82, 2.24) is 24.7 Å². The third kappa shape index (κ3) is 2.70. The van der Waals surface area contributed by atoms with Crippen LogP contribution < -0.4 is 22.4 Å².